The Morgan fingerprint density at radius 3 is 3.38 bits per heavy atom. The van der Waals surface area contributed by atoms with Gasteiger partial charge in [0.05, 0.1) is 12.6 Å². The van der Waals surface area contributed by atoms with Gasteiger partial charge in [0.25, 0.3) is 0 Å². The molecule has 3 nitrogen and oxygen atoms in total. The second kappa shape index (κ2) is 3.50. The highest BCUT2D eigenvalue weighted by Gasteiger charge is 2.33. The second-order valence-corrected chi connectivity index (χ2v) is 3.80. The summed E-state index contributed by atoms with van der Waals surface area (Å²) in [6.45, 7) is 0.159. The van der Waals surface area contributed by atoms with Crippen molar-refractivity contribution in [3.63, 3.8) is 0 Å². The first-order valence-corrected chi connectivity index (χ1v) is 4.89. The molecular formula is C10H16N2O. The normalized spacial score (nSPS) is 35.5. The van der Waals surface area contributed by atoms with E-state index in [1.54, 1.807) is 0 Å². The highest BCUT2D eigenvalue weighted by Crippen LogP contribution is 2.34. The van der Waals surface area contributed by atoms with Gasteiger partial charge in [-0.3, -0.25) is 5.01 Å². The molecule has 13 heavy (non-hydrogen) atoms. The summed E-state index contributed by atoms with van der Waals surface area (Å²) in [6.07, 6.45) is 7.58. The van der Waals surface area contributed by atoms with Gasteiger partial charge in [-0.2, -0.15) is 5.10 Å². The lowest BCUT2D eigenvalue weighted by molar-refractivity contribution is 0.246. The zero-order valence-electron chi connectivity index (χ0n) is 7.98. The van der Waals surface area contributed by atoms with Crippen LogP contribution in [0.5, 0.6) is 0 Å². The Hall–Kier alpha value is -0.830. The molecule has 72 valence electrons. The quantitative estimate of drug-likeness (QED) is 0.611. The minimum Gasteiger partial charge on any atom is -0.392 e. The monoisotopic (exact) mass is 180 g/mol. The molecule has 2 unspecified atom stereocenters. The van der Waals surface area contributed by atoms with Crippen LogP contribution in [0, 0.1) is 5.92 Å². The van der Waals surface area contributed by atoms with Crippen LogP contribution in [0.3, 0.4) is 0 Å². The van der Waals surface area contributed by atoms with Crippen molar-refractivity contribution in [2.45, 2.75) is 25.3 Å². The molecule has 0 aromatic rings. The minimum absolute atomic E-state index is 0.159. The van der Waals surface area contributed by atoms with Gasteiger partial charge in [-0.1, -0.05) is 6.08 Å². The molecule has 1 fully saturated rings. The molecule has 0 bridgehead atoms. The highest BCUT2D eigenvalue weighted by atomic mass is 16.2. The van der Waals surface area contributed by atoms with Gasteiger partial charge in [0.15, 0.2) is 0 Å². The zero-order chi connectivity index (χ0) is 9.26. The summed E-state index contributed by atoms with van der Waals surface area (Å²) < 4.78 is 0. The average molecular weight is 180 g/mol. The standard InChI is InChI=1S/C10H16N2O/c1-12-10-8(5-6-13)3-2-4-9(10)7-11-12/h5,7,9-10,13H,2-4,6H2,1H3/b8-5+. The number of hydrogen-bond acceptors (Lipinski definition) is 3. The average Bonchev–Trinajstić information content (AvgIpc) is 2.50. The maximum Gasteiger partial charge on any atom is 0.0755 e. The number of likely N-dealkylation sites (N-methyl/N-ethyl adjacent to an activating group) is 1. The maximum atomic E-state index is 8.89. The minimum atomic E-state index is 0.159. The first-order valence-electron chi connectivity index (χ1n) is 4.89. The Morgan fingerprint density at radius 2 is 2.62 bits per heavy atom. The lowest BCUT2D eigenvalue weighted by atomic mass is 9.82. The van der Waals surface area contributed by atoms with Crippen LogP contribution in [0.1, 0.15) is 19.3 Å². The molecule has 0 aromatic carbocycles. The molecule has 1 N–H and O–H groups in total. The van der Waals surface area contributed by atoms with E-state index < -0.39 is 0 Å². The Bertz CT molecular complexity index is 247. The van der Waals surface area contributed by atoms with Gasteiger partial charge < -0.3 is 5.11 Å². The van der Waals surface area contributed by atoms with E-state index in [-0.39, 0.29) is 6.61 Å². The fourth-order valence-electron chi connectivity index (χ4n) is 2.40. The number of nitrogens with zero attached hydrogens (tertiary/aromatic N) is 2. The van der Waals surface area contributed by atoms with Crippen molar-refractivity contribution in [2.24, 2.45) is 11.0 Å². The SMILES string of the molecule is CN1N=CC2CCC/C(=C\CO)C21. The molecule has 0 aromatic heterocycles. The van der Waals surface area contributed by atoms with Crippen molar-refractivity contribution >= 4 is 6.21 Å². The van der Waals surface area contributed by atoms with Crippen molar-refractivity contribution in [3.05, 3.63) is 11.6 Å². The molecule has 0 saturated heterocycles. The molecule has 2 atom stereocenters. The van der Waals surface area contributed by atoms with Gasteiger partial charge in [-0.15, -0.1) is 0 Å². The number of fused-ring (bicyclic) bond motifs is 1. The fraction of sp³-hybridized carbons (Fsp3) is 0.700. The smallest absolute Gasteiger partial charge is 0.0755 e. The maximum absolute atomic E-state index is 8.89. The van der Waals surface area contributed by atoms with Gasteiger partial charge in [0.1, 0.15) is 0 Å². The number of hydrogen-bond donors (Lipinski definition) is 1. The third kappa shape index (κ3) is 1.48. The lowest BCUT2D eigenvalue weighted by Crippen LogP contribution is -2.34. The molecule has 0 amide bonds. The van der Waals surface area contributed by atoms with E-state index >= 15 is 0 Å². The summed E-state index contributed by atoms with van der Waals surface area (Å²) in [4.78, 5) is 0. The van der Waals surface area contributed by atoms with Gasteiger partial charge >= 0.3 is 0 Å². The summed E-state index contributed by atoms with van der Waals surface area (Å²) in [5, 5.41) is 15.2. The van der Waals surface area contributed by atoms with Crippen LogP contribution >= 0.6 is 0 Å². The van der Waals surface area contributed by atoms with Crippen LogP contribution in [-0.2, 0) is 0 Å². The molecule has 1 saturated carbocycles. The summed E-state index contributed by atoms with van der Waals surface area (Å²) >= 11 is 0. The summed E-state index contributed by atoms with van der Waals surface area (Å²) in [5.74, 6) is 0.580. The van der Waals surface area contributed by atoms with Crippen LogP contribution in [0.15, 0.2) is 16.8 Å². The van der Waals surface area contributed by atoms with E-state index in [1.165, 1.54) is 18.4 Å². The van der Waals surface area contributed by atoms with Crippen LogP contribution in [0.25, 0.3) is 0 Å². The van der Waals surface area contributed by atoms with Crippen LogP contribution in [-0.4, -0.2) is 36.0 Å². The van der Waals surface area contributed by atoms with Gasteiger partial charge in [0.2, 0.25) is 0 Å². The van der Waals surface area contributed by atoms with E-state index in [9.17, 15) is 0 Å². The summed E-state index contributed by atoms with van der Waals surface area (Å²) in [6, 6.07) is 0.431. The zero-order valence-corrected chi connectivity index (χ0v) is 7.98. The van der Waals surface area contributed by atoms with E-state index in [1.807, 2.05) is 18.1 Å². The summed E-state index contributed by atoms with van der Waals surface area (Å²) in [5.41, 5.74) is 1.36. The van der Waals surface area contributed by atoms with Crippen LogP contribution in [0.2, 0.25) is 0 Å². The molecule has 1 aliphatic carbocycles. The van der Waals surface area contributed by atoms with Crippen LogP contribution in [0.4, 0.5) is 0 Å². The Morgan fingerprint density at radius 1 is 1.77 bits per heavy atom. The van der Waals surface area contributed by atoms with Crippen molar-refractivity contribution in [3.8, 4) is 0 Å². The van der Waals surface area contributed by atoms with E-state index in [0.29, 0.717) is 12.0 Å². The van der Waals surface area contributed by atoms with E-state index in [4.69, 9.17) is 5.11 Å². The predicted octanol–water partition coefficient (Wildman–Crippen LogP) is 1.00. The predicted molar refractivity (Wildman–Crippen MR) is 52.6 cm³/mol. The molecule has 1 heterocycles. The first kappa shape index (κ1) is 8.75. The Balaban J connectivity index is 2.17. The molecular weight excluding hydrogens is 164 g/mol. The molecule has 2 aliphatic rings. The molecule has 0 spiro atoms. The second-order valence-electron chi connectivity index (χ2n) is 3.80. The number of hydrazone groups is 1. The lowest BCUT2D eigenvalue weighted by Gasteiger charge is -2.31. The van der Waals surface area contributed by atoms with Crippen molar-refractivity contribution in [1.82, 2.24) is 5.01 Å². The van der Waals surface area contributed by atoms with Crippen molar-refractivity contribution in [1.29, 1.82) is 0 Å². The summed E-state index contributed by atoms with van der Waals surface area (Å²) in [7, 11) is 2.01. The fourth-order valence-corrected chi connectivity index (χ4v) is 2.40. The van der Waals surface area contributed by atoms with Gasteiger partial charge in [-0.25, -0.2) is 0 Å². The number of aliphatic hydroxyl groups excluding tert-OH is 1. The largest absolute Gasteiger partial charge is 0.392 e. The first-order chi connectivity index (χ1) is 6.33. The Kier molecular flexibility index (Phi) is 2.36. The molecule has 3 heteroatoms. The van der Waals surface area contributed by atoms with Crippen molar-refractivity contribution in [2.75, 3.05) is 13.7 Å². The van der Waals surface area contributed by atoms with Gasteiger partial charge in [0, 0.05) is 19.2 Å². The van der Waals surface area contributed by atoms with E-state index in [2.05, 4.69) is 11.3 Å². The van der Waals surface area contributed by atoms with Crippen LogP contribution < -0.4 is 0 Å². The van der Waals surface area contributed by atoms with E-state index in [0.717, 1.165) is 6.42 Å². The van der Waals surface area contributed by atoms with Crippen molar-refractivity contribution < 1.29 is 5.11 Å². The topological polar surface area (TPSA) is 35.8 Å². The molecule has 2 rings (SSSR count). The molecule has 1 aliphatic heterocycles. The highest BCUT2D eigenvalue weighted by molar-refractivity contribution is 5.65. The Labute approximate surface area is 78.7 Å². The molecule has 0 radical (unpaired) electrons. The number of aliphatic hydroxyl groups is 1. The third-order valence-electron chi connectivity index (χ3n) is 2.98. The van der Waals surface area contributed by atoms with Gasteiger partial charge in [-0.05, 0) is 24.8 Å². The third-order valence-corrected chi connectivity index (χ3v) is 2.98. The number of rotatable bonds is 1.